The van der Waals surface area contributed by atoms with Crippen molar-refractivity contribution in [2.75, 3.05) is 0 Å². The zero-order valence-corrected chi connectivity index (χ0v) is 37.5. The van der Waals surface area contributed by atoms with Crippen LogP contribution in [-0.4, -0.2) is 19.1 Å². The Morgan fingerprint density at radius 1 is 0.456 bits per heavy atom. The number of nitriles is 1. The summed E-state index contributed by atoms with van der Waals surface area (Å²) in [7, 11) is 0. The van der Waals surface area contributed by atoms with Crippen molar-refractivity contribution in [1.29, 1.82) is 5.26 Å². The van der Waals surface area contributed by atoms with Crippen molar-refractivity contribution in [2.24, 2.45) is 0 Å². The molecule has 0 radical (unpaired) electrons. The minimum absolute atomic E-state index is 0.376. The summed E-state index contributed by atoms with van der Waals surface area (Å²) in [6.45, 7) is 9.32. The Kier molecular flexibility index (Phi) is 7.58. The highest BCUT2D eigenvalue weighted by Gasteiger charge is 2.33. The quantitative estimate of drug-likeness (QED) is 0.131. The predicted molar refractivity (Wildman–Crippen MR) is 285 cm³/mol. The van der Waals surface area contributed by atoms with Gasteiger partial charge in [0, 0.05) is 91.5 Å². The second-order valence-electron chi connectivity index (χ2n) is 17.4. The molecule has 0 aliphatic rings. The van der Waals surface area contributed by atoms with Crippen molar-refractivity contribution in [1.82, 2.24) is 19.1 Å². The summed E-state index contributed by atoms with van der Waals surface area (Å²) in [6, 6.07) is 58.1. The maximum absolute atomic E-state index is 12.1. The van der Waals surface area contributed by atoms with E-state index < -0.39 is 0 Å². The van der Waals surface area contributed by atoms with Gasteiger partial charge in [-0.3, -0.25) is 9.97 Å². The van der Waals surface area contributed by atoms with Gasteiger partial charge in [0.15, 0.2) is 0 Å². The Morgan fingerprint density at radius 3 is 1.65 bits per heavy atom. The monoisotopic (exact) mass is 898 g/mol. The van der Waals surface area contributed by atoms with Gasteiger partial charge in [-0.2, -0.15) is 5.26 Å². The van der Waals surface area contributed by atoms with Gasteiger partial charge >= 0.3 is 0 Å². The van der Waals surface area contributed by atoms with Crippen LogP contribution < -0.4 is 0 Å². The molecule has 0 spiro atoms. The molecule has 0 saturated heterocycles. The molecule has 15 rings (SSSR count). The average molecular weight is 899 g/mol. The summed E-state index contributed by atoms with van der Waals surface area (Å²) >= 11 is 3.59. The van der Waals surface area contributed by atoms with E-state index >= 15 is 0 Å². The van der Waals surface area contributed by atoms with Gasteiger partial charge in [-0.05, 0) is 46.2 Å². The number of hydrogen-bond donors (Lipinski definition) is 0. The molecule has 8 heteroatoms. The average Bonchev–Trinajstić information content (AvgIpc) is 4.15. The lowest BCUT2D eigenvalue weighted by molar-refractivity contribution is 1.13. The fraction of sp³-hybridized carbons (Fsp3) is 0. The Balaban J connectivity index is 1.25. The zero-order chi connectivity index (χ0) is 44.8. The second-order valence-corrected chi connectivity index (χ2v) is 19.5. The molecule has 0 atom stereocenters. The molecule has 0 fully saturated rings. The third-order valence-electron chi connectivity index (χ3n) is 14.1. The van der Waals surface area contributed by atoms with Crippen LogP contribution in [0, 0.1) is 17.9 Å². The number of thiophene rings is 2. The lowest BCUT2D eigenvalue weighted by Crippen LogP contribution is -2.09. The van der Waals surface area contributed by atoms with Gasteiger partial charge in [-0.25, -0.2) is 4.85 Å². The van der Waals surface area contributed by atoms with E-state index in [1.807, 2.05) is 84.7 Å². The topological polar surface area (TPSA) is 63.8 Å². The molecule has 68 heavy (non-hydrogen) atoms. The fourth-order valence-corrected chi connectivity index (χ4v) is 13.7. The molecule has 0 unspecified atom stereocenters. The van der Waals surface area contributed by atoms with Crippen molar-refractivity contribution < 1.29 is 0 Å². The first-order chi connectivity index (χ1) is 33.7. The van der Waals surface area contributed by atoms with E-state index in [2.05, 4.69) is 129 Å². The smallest absolute Gasteiger partial charge is 0.220 e. The van der Waals surface area contributed by atoms with Gasteiger partial charge in [0.05, 0.1) is 62.7 Å². The van der Waals surface area contributed by atoms with Crippen molar-refractivity contribution in [2.45, 2.75) is 0 Å². The molecule has 6 heterocycles. The molecular weight excluding hydrogens is 869 g/mol. The molecular formula is C60H30N6S2. The van der Waals surface area contributed by atoms with Crippen LogP contribution in [0.3, 0.4) is 0 Å². The van der Waals surface area contributed by atoms with Crippen LogP contribution in [0.2, 0.25) is 0 Å². The number of rotatable bonds is 4. The minimum atomic E-state index is 0.376. The molecule has 312 valence electrons. The molecule has 6 nitrogen and oxygen atoms in total. The van der Waals surface area contributed by atoms with Crippen molar-refractivity contribution in [3.05, 3.63) is 199 Å². The Morgan fingerprint density at radius 2 is 1.01 bits per heavy atom. The van der Waals surface area contributed by atoms with Gasteiger partial charge in [0.2, 0.25) is 5.69 Å². The lowest BCUT2D eigenvalue weighted by atomic mass is 9.88. The van der Waals surface area contributed by atoms with E-state index in [1.54, 1.807) is 11.3 Å². The Bertz CT molecular complexity index is 4670. The molecule has 9 aromatic carbocycles. The molecule has 0 N–H and O–H groups in total. The second kappa shape index (κ2) is 13.8. The van der Waals surface area contributed by atoms with Gasteiger partial charge in [-0.1, -0.05) is 133 Å². The van der Waals surface area contributed by atoms with E-state index in [0.717, 1.165) is 97.3 Å². The van der Waals surface area contributed by atoms with E-state index in [4.69, 9.17) is 9.97 Å². The summed E-state index contributed by atoms with van der Waals surface area (Å²) < 4.78 is 9.37. The zero-order valence-electron chi connectivity index (χ0n) is 35.8. The summed E-state index contributed by atoms with van der Waals surface area (Å²) in [5.41, 5.74) is 8.92. The van der Waals surface area contributed by atoms with E-state index in [1.165, 1.54) is 24.9 Å². The standard InChI is InChI=1S/C60H30N6S2/c1-62-56-52(33-14-4-2-5-15-33)43(28-61)57(53(34-16-6-3-7-17-34)59(56)65-47-31-63-29-44-35-18-8-9-19-36(35)45-30-64-32-48(65)55(45)54(44)47)66-46-26-42-38-21-11-12-22-49(38)67-51(42)27-41(46)39-24-25-40-37-20-10-13-23-50(37)68-60(40)58(39)66/h2-27,29-32H. The van der Waals surface area contributed by atoms with Crippen LogP contribution >= 0.6 is 22.7 Å². The lowest BCUT2D eigenvalue weighted by Gasteiger charge is -2.25. The first kappa shape index (κ1) is 37.3. The van der Waals surface area contributed by atoms with Crippen LogP contribution in [0.5, 0.6) is 0 Å². The van der Waals surface area contributed by atoms with Crippen molar-refractivity contribution in [3.8, 4) is 39.7 Å². The third kappa shape index (κ3) is 4.82. The first-order valence-corrected chi connectivity index (χ1v) is 24.0. The summed E-state index contributed by atoms with van der Waals surface area (Å²) in [4.78, 5) is 14.4. The highest BCUT2D eigenvalue weighted by Crippen LogP contribution is 2.55. The SMILES string of the molecule is [C-]#[N+]c1c(-c2ccccc2)c(C#N)c(-n2c3cc4c(cc3c3ccc5c6ccccc6sc5c32)sc2ccccc24)c(-c2ccccc2)c1-n1c2cncc3c4ccccc4c4cncc1c4c32. The molecule has 6 aromatic heterocycles. The summed E-state index contributed by atoms with van der Waals surface area (Å²) in [5.74, 6) is 0. The maximum Gasteiger partial charge on any atom is 0.220 e. The van der Waals surface area contributed by atoms with Gasteiger partial charge < -0.3 is 9.13 Å². The molecule has 15 aromatic rings. The van der Waals surface area contributed by atoms with Crippen LogP contribution in [0.15, 0.2) is 183 Å². The molecule has 0 amide bonds. The third-order valence-corrected chi connectivity index (χ3v) is 16.4. The molecule has 0 saturated carbocycles. The first-order valence-electron chi connectivity index (χ1n) is 22.4. The van der Waals surface area contributed by atoms with Gasteiger partial charge in [0.25, 0.3) is 0 Å². The van der Waals surface area contributed by atoms with Crippen LogP contribution in [0.25, 0.3) is 144 Å². The largest absolute Gasteiger partial charge is 0.315 e. The molecule has 0 aliphatic carbocycles. The van der Waals surface area contributed by atoms with Gasteiger partial charge in [0.1, 0.15) is 6.07 Å². The van der Waals surface area contributed by atoms with Crippen molar-refractivity contribution in [3.63, 3.8) is 0 Å². The highest BCUT2D eigenvalue weighted by atomic mass is 32.1. The maximum atomic E-state index is 12.1. The van der Waals surface area contributed by atoms with Crippen LogP contribution in [-0.2, 0) is 0 Å². The van der Waals surface area contributed by atoms with E-state index in [-0.39, 0.29) is 0 Å². The number of aromatic nitrogens is 4. The summed E-state index contributed by atoms with van der Waals surface area (Å²) in [6.07, 6.45) is 7.79. The summed E-state index contributed by atoms with van der Waals surface area (Å²) in [5, 5.41) is 25.3. The fourth-order valence-electron chi connectivity index (χ4n) is 11.4. The van der Waals surface area contributed by atoms with Gasteiger partial charge in [-0.15, -0.1) is 22.7 Å². The van der Waals surface area contributed by atoms with Crippen LogP contribution in [0.1, 0.15) is 5.56 Å². The number of fused-ring (bicyclic) bond motifs is 13. The number of pyridine rings is 2. The van der Waals surface area contributed by atoms with Crippen molar-refractivity contribution >= 4 is 134 Å². The number of benzene rings is 9. The highest BCUT2D eigenvalue weighted by molar-refractivity contribution is 7.27. The minimum Gasteiger partial charge on any atom is -0.315 e. The van der Waals surface area contributed by atoms with Crippen LogP contribution in [0.4, 0.5) is 5.69 Å². The number of nitrogens with zero attached hydrogens (tertiary/aromatic N) is 6. The van der Waals surface area contributed by atoms with E-state index in [0.29, 0.717) is 28.2 Å². The predicted octanol–water partition coefficient (Wildman–Crippen LogP) is 16.9. The Labute approximate surface area is 395 Å². The molecule has 0 bridgehead atoms. The molecule has 0 aliphatic heterocycles. The normalized spacial score (nSPS) is 12.1. The Hall–Kier alpha value is -8.92. The van der Waals surface area contributed by atoms with E-state index in [9.17, 15) is 11.8 Å². The number of hydrogen-bond acceptors (Lipinski definition) is 5.